The second kappa shape index (κ2) is 5.29. The fourth-order valence-corrected chi connectivity index (χ4v) is 1.94. The zero-order valence-corrected chi connectivity index (χ0v) is 12.1. The quantitative estimate of drug-likeness (QED) is 0.553. The van der Waals surface area contributed by atoms with Crippen molar-refractivity contribution >= 4 is 10.8 Å². The molecule has 0 atom stereocenters. The Morgan fingerprint density at radius 3 is 2.35 bits per heavy atom. The Balaban J connectivity index is 0.00000108. The van der Waals surface area contributed by atoms with Crippen LogP contribution in [-0.2, 0) is 21.1 Å². The van der Waals surface area contributed by atoms with Crippen LogP contribution in [0, 0.1) is 12.1 Å². The largest absolute Gasteiger partial charge is 2.00 e. The molecule has 0 saturated carbocycles. The van der Waals surface area contributed by atoms with Crippen LogP contribution in [0.4, 0.5) is 0 Å². The van der Waals surface area contributed by atoms with Crippen LogP contribution in [0.1, 0.15) is 0 Å². The summed E-state index contributed by atoms with van der Waals surface area (Å²) >= 11 is 0. The van der Waals surface area contributed by atoms with E-state index in [0.29, 0.717) is 0 Å². The van der Waals surface area contributed by atoms with Gasteiger partial charge in [0.15, 0.2) is 0 Å². The van der Waals surface area contributed by atoms with Gasteiger partial charge in [-0.1, -0.05) is 18.2 Å². The molecule has 3 rings (SSSR count). The molecule has 0 aliphatic carbocycles. The summed E-state index contributed by atoms with van der Waals surface area (Å²) < 4.78 is 0. The topological polar surface area (TPSA) is 0 Å². The van der Waals surface area contributed by atoms with E-state index in [1.54, 1.807) is 0 Å². The number of benzene rings is 3. The first-order valence-corrected chi connectivity index (χ1v) is 5.32. The summed E-state index contributed by atoms with van der Waals surface area (Å²) in [6.45, 7) is 0. The van der Waals surface area contributed by atoms with Gasteiger partial charge in [-0.05, 0) is 0 Å². The van der Waals surface area contributed by atoms with Gasteiger partial charge in [-0.25, -0.2) is 0 Å². The Kier molecular flexibility index (Phi) is 3.76. The smallest absolute Gasteiger partial charge is 0.147 e. The second-order valence-corrected chi connectivity index (χ2v) is 3.72. The Morgan fingerprint density at radius 2 is 1.53 bits per heavy atom. The van der Waals surface area contributed by atoms with Gasteiger partial charge < -0.3 is 0 Å². The molecule has 17 heavy (non-hydrogen) atoms. The van der Waals surface area contributed by atoms with Gasteiger partial charge in [0.1, 0.15) is 0 Å². The summed E-state index contributed by atoms with van der Waals surface area (Å²) in [5.41, 5.74) is 2.31. The van der Waals surface area contributed by atoms with Crippen molar-refractivity contribution in [2.75, 3.05) is 0 Å². The van der Waals surface area contributed by atoms with Crippen LogP contribution >= 0.6 is 0 Å². The van der Waals surface area contributed by atoms with E-state index >= 15 is 0 Å². The molecular weight excluding hydrogens is 376 g/mol. The minimum Gasteiger partial charge on any atom is -0.147 e. The van der Waals surface area contributed by atoms with Crippen LogP contribution in [0.25, 0.3) is 21.9 Å². The molecule has 0 radical (unpaired) electrons. The molecule has 3 aromatic carbocycles. The molecule has 0 nitrogen and oxygen atoms in total. The first-order chi connectivity index (χ1) is 7.95. The van der Waals surface area contributed by atoms with Gasteiger partial charge >= 0.3 is 21.1 Å². The minimum atomic E-state index is 0. The molecule has 0 aliphatic heterocycles. The zero-order chi connectivity index (χ0) is 10.8. The second-order valence-electron chi connectivity index (χ2n) is 3.72. The third kappa shape index (κ3) is 2.32. The van der Waals surface area contributed by atoms with Crippen LogP contribution in [0.2, 0.25) is 0 Å². The number of rotatable bonds is 1. The Bertz CT molecular complexity index is 609. The summed E-state index contributed by atoms with van der Waals surface area (Å²) in [6.07, 6.45) is 0. The van der Waals surface area contributed by atoms with Crippen LogP contribution < -0.4 is 0 Å². The molecule has 1 heteroatoms. The van der Waals surface area contributed by atoms with Crippen LogP contribution in [-0.4, -0.2) is 0 Å². The van der Waals surface area contributed by atoms with E-state index in [1.807, 2.05) is 30.3 Å². The average molecular weight is 386 g/mol. The first-order valence-electron chi connectivity index (χ1n) is 5.32. The molecule has 0 aromatic heterocycles. The molecule has 0 heterocycles. The Labute approximate surface area is 116 Å². The molecule has 80 valence electrons. The summed E-state index contributed by atoms with van der Waals surface area (Å²) in [7, 11) is 0. The van der Waals surface area contributed by atoms with Gasteiger partial charge in [-0.15, -0.1) is 76.5 Å². The molecule has 0 saturated heterocycles. The number of fused-ring (bicyclic) bond motifs is 1. The van der Waals surface area contributed by atoms with Crippen molar-refractivity contribution in [2.45, 2.75) is 0 Å². The predicted molar refractivity (Wildman–Crippen MR) is 67.1 cm³/mol. The van der Waals surface area contributed by atoms with Gasteiger partial charge in [-0.3, -0.25) is 0 Å². The molecule has 0 amide bonds. The van der Waals surface area contributed by atoms with Gasteiger partial charge in [0.05, 0.1) is 0 Å². The molecule has 0 N–H and O–H groups in total. The van der Waals surface area contributed by atoms with Gasteiger partial charge in [0.2, 0.25) is 0 Å². The van der Waals surface area contributed by atoms with E-state index in [9.17, 15) is 0 Å². The molecule has 0 unspecified atom stereocenters. The summed E-state index contributed by atoms with van der Waals surface area (Å²) in [5, 5.41) is 2.38. The van der Waals surface area contributed by atoms with Crippen molar-refractivity contribution < 1.29 is 21.1 Å². The van der Waals surface area contributed by atoms with E-state index in [4.69, 9.17) is 0 Å². The summed E-state index contributed by atoms with van der Waals surface area (Å²) in [5.74, 6) is 0. The molecule has 0 fully saturated rings. The maximum absolute atomic E-state index is 3.30. The Morgan fingerprint density at radius 1 is 0.706 bits per heavy atom. The van der Waals surface area contributed by atoms with Crippen molar-refractivity contribution in [3.63, 3.8) is 0 Å². The number of hydrogen-bond acceptors (Lipinski definition) is 0. The van der Waals surface area contributed by atoms with Crippen LogP contribution in [0.5, 0.6) is 0 Å². The first kappa shape index (κ1) is 12.1. The fourth-order valence-electron chi connectivity index (χ4n) is 1.94. The van der Waals surface area contributed by atoms with Crippen molar-refractivity contribution in [1.82, 2.24) is 0 Å². The summed E-state index contributed by atoms with van der Waals surface area (Å²) in [4.78, 5) is 0. The van der Waals surface area contributed by atoms with E-state index in [-0.39, 0.29) is 21.1 Å². The fraction of sp³-hybridized carbons (Fsp3) is 0. The standard InChI is InChI=1S/C16H10.W/c1-2-7-13(8-3-1)16-12-6-10-14-9-4-5-11-15(14)16;/h1-7,9-10,12H;/q-2;+2. The minimum absolute atomic E-state index is 0. The normalized spacial score (nSPS) is 9.88. The third-order valence-electron chi connectivity index (χ3n) is 2.70. The summed E-state index contributed by atoms with van der Waals surface area (Å²) in [6, 6.07) is 27.0. The SMILES string of the molecule is [W+2].[c-]1ccccc1-c1cccc2ccc[c-]c12. The van der Waals surface area contributed by atoms with E-state index in [2.05, 4.69) is 42.5 Å². The average Bonchev–Trinajstić information content (AvgIpc) is 2.39. The van der Waals surface area contributed by atoms with Crippen molar-refractivity contribution in [1.29, 1.82) is 0 Å². The molecular formula is C16H10W. The predicted octanol–water partition coefficient (Wildman–Crippen LogP) is 4.10. The number of hydrogen-bond donors (Lipinski definition) is 0. The Hall–Kier alpha value is -1.39. The molecule has 0 aliphatic rings. The van der Waals surface area contributed by atoms with Crippen LogP contribution in [0.3, 0.4) is 0 Å². The van der Waals surface area contributed by atoms with Crippen LogP contribution in [0.15, 0.2) is 60.7 Å². The van der Waals surface area contributed by atoms with Gasteiger partial charge in [-0.2, -0.15) is 0 Å². The maximum Gasteiger partial charge on any atom is 2.00 e. The zero-order valence-electron chi connectivity index (χ0n) is 9.18. The molecule has 0 bridgehead atoms. The van der Waals surface area contributed by atoms with Crippen molar-refractivity contribution in [3.05, 3.63) is 72.8 Å². The van der Waals surface area contributed by atoms with Crippen molar-refractivity contribution in [3.8, 4) is 11.1 Å². The van der Waals surface area contributed by atoms with Gasteiger partial charge in [0, 0.05) is 0 Å². The maximum atomic E-state index is 3.30. The van der Waals surface area contributed by atoms with E-state index < -0.39 is 0 Å². The van der Waals surface area contributed by atoms with Crippen molar-refractivity contribution in [2.24, 2.45) is 0 Å². The molecule has 3 aromatic rings. The molecule has 0 spiro atoms. The van der Waals surface area contributed by atoms with Gasteiger partial charge in [0.25, 0.3) is 0 Å². The third-order valence-corrected chi connectivity index (χ3v) is 2.70. The monoisotopic (exact) mass is 386 g/mol. The van der Waals surface area contributed by atoms with E-state index in [0.717, 1.165) is 10.9 Å². The van der Waals surface area contributed by atoms with E-state index in [1.165, 1.54) is 10.9 Å².